The first-order valence-electron chi connectivity index (χ1n) is 6.44. The summed E-state index contributed by atoms with van der Waals surface area (Å²) in [4.78, 5) is 22.4. The van der Waals surface area contributed by atoms with Crippen molar-refractivity contribution in [2.24, 2.45) is 0 Å². The van der Waals surface area contributed by atoms with Crippen molar-refractivity contribution in [2.45, 2.75) is 64.5 Å². The zero-order valence-electron chi connectivity index (χ0n) is 11.0. The fraction of sp³-hybridized carbons (Fsp3) is 0.846. The van der Waals surface area contributed by atoms with Gasteiger partial charge in [-0.1, -0.05) is 13.8 Å². The quantitative estimate of drug-likeness (QED) is 0.747. The Morgan fingerprint density at radius 1 is 1.35 bits per heavy atom. The molecule has 1 unspecified atom stereocenters. The van der Waals surface area contributed by atoms with Gasteiger partial charge in [-0.3, -0.25) is 9.59 Å². The van der Waals surface area contributed by atoms with E-state index in [1.165, 1.54) is 6.92 Å². The summed E-state index contributed by atoms with van der Waals surface area (Å²) in [6, 6.07) is 0.149. The third kappa shape index (κ3) is 4.11. The third-order valence-corrected chi connectivity index (χ3v) is 3.56. The van der Waals surface area contributed by atoms with Crippen molar-refractivity contribution in [3.63, 3.8) is 0 Å². The van der Waals surface area contributed by atoms with Crippen LogP contribution in [0.25, 0.3) is 0 Å². The molecule has 0 aromatic rings. The number of Topliss-reactive ketones (excluding diaryl/α,β-unsaturated/α-hetero) is 1. The van der Waals surface area contributed by atoms with Gasteiger partial charge < -0.3 is 10.1 Å². The first-order valence-corrected chi connectivity index (χ1v) is 6.44. The van der Waals surface area contributed by atoms with E-state index in [2.05, 4.69) is 19.2 Å². The van der Waals surface area contributed by atoms with Crippen LogP contribution in [0.3, 0.4) is 0 Å². The molecule has 1 heterocycles. The second kappa shape index (κ2) is 6.15. The van der Waals surface area contributed by atoms with E-state index in [1.54, 1.807) is 0 Å². The Hall–Kier alpha value is -0.900. The number of hydrogen-bond acceptors (Lipinski definition) is 3. The lowest BCUT2D eigenvalue weighted by Gasteiger charge is -2.40. The van der Waals surface area contributed by atoms with E-state index in [9.17, 15) is 9.59 Å². The third-order valence-electron chi connectivity index (χ3n) is 3.56. The summed E-state index contributed by atoms with van der Waals surface area (Å²) in [5.41, 5.74) is -0.0909. The number of carbonyl (C=O) groups is 2. The molecular weight excluding hydrogens is 218 g/mol. The predicted octanol–water partition coefficient (Wildman–Crippen LogP) is 1.82. The van der Waals surface area contributed by atoms with Gasteiger partial charge in [-0.2, -0.15) is 0 Å². The summed E-state index contributed by atoms with van der Waals surface area (Å²) in [5, 5.41) is 2.93. The normalized spacial score (nSPS) is 23.1. The summed E-state index contributed by atoms with van der Waals surface area (Å²) in [6.07, 6.45) is 3.60. The van der Waals surface area contributed by atoms with E-state index < -0.39 is 0 Å². The Labute approximate surface area is 103 Å². The van der Waals surface area contributed by atoms with Gasteiger partial charge in [-0.25, -0.2) is 0 Å². The Kier molecular flexibility index (Phi) is 5.12. The van der Waals surface area contributed by atoms with Crippen LogP contribution in [0.2, 0.25) is 0 Å². The van der Waals surface area contributed by atoms with E-state index >= 15 is 0 Å². The predicted molar refractivity (Wildman–Crippen MR) is 65.7 cm³/mol. The maximum absolute atomic E-state index is 11.5. The molecule has 0 aromatic carbocycles. The molecule has 0 saturated carbocycles. The number of carbonyl (C=O) groups excluding carboxylic acids is 2. The lowest BCUT2D eigenvalue weighted by Crippen LogP contribution is -2.48. The van der Waals surface area contributed by atoms with Gasteiger partial charge in [0.1, 0.15) is 5.78 Å². The van der Waals surface area contributed by atoms with Gasteiger partial charge in [-0.05, 0) is 32.6 Å². The standard InChI is InChI=1S/C13H23NO3/c1-4-13(5-2)9-11(6-7-17-13)14-12(16)8-10(3)15/h11H,4-9H2,1-3H3,(H,14,16). The molecule has 1 atom stereocenters. The largest absolute Gasteiger partial charge is 0.375 e. The van der Waals surface area contributed by atoms with Crippen molar-refractivity contribution >= 4 is 11.7 Å². The highest BCUT2D eigenvalue weighted by Gasteiger charge is 2.34. The van der Waals surface area contributed by atoms with E-state index in [0.717, 1.165) is 25.7 Å². The van der Waals surface area contributed by atoms with Crippen LogP contribution in [0.1, 0.15) is 52.9 Å². The number of ether oxygens (including phenoxy) is 1. The number of rotatable bonds is 5. The summed E-state index contributed by atoms with van der Waals surface area (Å²) >= 11 is 0. The van der Waals surface area contributed by atoms with E-state index in [-0.39, 0.29) is 29.8 Å². The van der Waals surface area contributed by atoms with Crippen LogP contribution in [-0.4, -0.2) is 29.9 Å². The van der Waals surface area contributed by atoms with Gasteiger partial charge in [0.05, 0.1) is 12.0 Å². The van der Waals surface area contributed by atoms with Crippen molar-refractivity contribution < 1.29 is 14.3 Å². The molecule has 1 aliphatic rings. The SMILES string of the molecule is CCC1(CC)CC(NC(=O)CC(C)=O)CCO1. The molecule has 1 N–H and O–H groups in total. The van der Waals surface area contributed by atoms with Crippen LogP contribution in [-0.2, 0) is 14.3 Å². The Morgan fingerprint density at radius 3 is 2.53 bits per heavy atom. The van der Waals surface area contributed by atoms with Crippen molar-refractivity contribution in [1.82, 2.24) is 5.32 Å². The van der Waals surface area contributed by atoms with E-state index in [4.69, 9.17) is 4.74 Å². The molecule has 0 radical (unpaired) electrons. The summed E-state index contributed by atoms with van der Waals surface area (Å²) < 4.78 is 5.84. The van der Waals surface area contributed by atoms with E-state index in [0.29, 0.717) is 6.61 Å². The van der Waals surface area contributed by atoms with Crippen LogP contribution >= 0.6 is 0 Å². The molecule has 4 nitrogen and oxygen atoms in total. The molecule has 17 heavy (non-hydrogen) atoms. The summed E-state index contributed by atoms with van der Waals surface area (Å²) in [7, 11) is 0. The number of nitrogens with one attached hydrogen (secondary N) is 1. The molecule has 4 heteroatoms. The smallest absolute Gasteiger partial charge is 0.227 e. The highest BCUT2D eigenvalue weighted by molar-refractivity contribution is 5.96. The molecular formula is C13H23NO3. The highest BCUT2D eigenvalue weighted by Crippen LogP contribution is 2.31. The van der Waals surface area contributed by atoms with Crippen LogP contribution in [0.15, 0.2) is 0 Å². The zero-order valence-corrected chi connectivity index (χ0v) is 11.0. The van der Waals surface area contributed by atoms with Crippen molar-refractivity contribution in [1.29, 1.82) is 0 Å². The molecule has 1 amide bonds. The zero-order chi connectivity index (χ0) is 12.9. The van der Waals surface area contributed by atoms with Gasteiger partial charge in [0.2, 0.25) is 5.91 Å². The highest BCUT2D eigenvalue weighted by atomic mass is 16.5. The van der Waals surface area contributed by atoms with Gasteiger partial charge in [0.15, 0.2) is 0 Å². The number of hydrogen-bond donors (Lipinski definition) is 1. The molecule has 0 aromatic heterocycles. The first kappa shape index (κ1) is 14.2. The molecule has 0 spiro atoms. The minimum Gasteiger partial charge on any atom is -0.375 e. The molecule has 0 bridgehead atoms. The topological polar surface area (TPSA) is 55.4 Å². The minimum absolute atomic E-state index is 0.0113. The fourth-order valence-electron chi connectivity index (χ4n) is 2.40. The van der Waals surface area contributed by atoms with Crippen molar-refractivity contribution in [2.75, 3.05) is 6.61 Å². The van der Waals surface area contributed by atoms with Crippen LogP contribution in [0, 0.1) is 0 Å². The Balaban J connectivity index is 2.49. The maximum atomic E-state index is 11.5. The molecule has 1 fully saturated rings. The van der Waals surface area contributed by atoms with Crippen LogP contribution in [0.5, 0.6) is 0 Å². The average molecular weight is 241 g/mol. The van der Waals surface area contributed by atoms with E-state index in [1.807, 2.05) is 0 Å². The first-order chi connectivity index (χ1) is 8.01. The minimum atomic E-state index is -0.162. The maximum Gasteiger partial charge on any atom is 0.227 e. The second-order valence-electron chi connectivity index (χ2n) is 4.87. The molecule has 1 aliphatic heterocycles. The molecule has 1 rings (SSSR count). The van der Waals surface area contributed by atoms with Gasteiger partial charge >= 0.3 is 0 Å². The summed E-state index contributed by atoms with van der Waals surface area (Å²) in [6.45, 7) is 6.35. The number of amides is 1. The molecule has 98 valence electrons. The van der Waals surface area contributed by atoms with Gasteiger partial charge in [0, 0.05) is 12.6 Å². The lowest BCUT2D eigenvalue weighted by molar-refractivity contribution is -0.130. The van der Waals surface area contributed by atoms with Crippen molar-refractivity contribution in [3.8, 4) is 0 Å². The Bertz CT molecular complexity index is 284. The van der Waals surface area contributed by atoms with Crippen LogP contribution in [0.4, 0.5) is 0 Å². The molecule has 0 aliphatic carbocycles. The number of ketones is 1. The second-order valence-corrected chi connectivity index (χ2v) is 4.87. The fourth-order valence-corrected chi connectivity index (χ4v) is 2.40. The Morgan fingerprint density at radius 2 is 2.00 bits per heavy atom. The monoisotopic (exact) mass is 241 g/mol. The lowest BCUT2D eigenvalue weighted by atomic mass is 9.86. The van der Waals surface area contributed by atoms with Gasteiger partial charge in [0.25, 0.3) is 0 Å². The average Bonchev–Trinajstić information content (AvgIpc) is 2.28. The summed E-state index contributed by atoms with van der Waals surface area (Å²) in [5.74, 6) is -0.252. The van der Waals surface area contributed by atoms with Gasteiger partial charge in [-0.15, -0.1) is 0 Å². The van der Waals surface area contributed by atoms with Crippen LogP contribution < -0.4 is 5.32 Å². The molecule has 1 saturated heterocycles. The van der Waals surface area contributed by atoms with Crippen molar-refractivity contribution in [3.05, 3.63) is 0 Å².